The smallest absolute Gasteiger partial charge is 0.274 e. The molecule has 1 amide bonds. The molecule has 0 bridgehead atoms. The molecule has 2 fully saturated rings. The maximum Gasteiger partial charge on any atom is 0.274 e. The van der Waals surface area contributed by atoms with Crippen LogP contribution in [0.4, 0.5) is 0 Å². The molecule has 0 aromatic carbocycles. The van der Waals surface area contributed by atoms with Gasteiger partial charge in [0.05, 0.1) is 41.3 Å². The summed E-state index contributed by atoms with van der Waals surface area (Å²) in [6.07, 6.45) is 0.535. The third kappa shape index (κ3) is 3.36. The number of rotatable bonds is 3. The molecule has 9 heteroatoms. The molecule has 0 saturated carbocycles. The van der Waals surface area contributed by atoms with E-state index in [0.717, 1.165) is 10.6 Å². The van der Waals surface area contributed by atoms with Gasteiger partial charge in [-0.05, 0) is 23.9 Å². The van der Waals surface area contributed by atoms with Gasteiger partial charge in [-0.25, -0.2) is 8.42 Å². The zero-order valence-electron chi connectivity index (χ0n) is 13.6. The van der Waals surface area contributed by atoms with E-state index in [1.54, 1.807) is 27.0 Å². The summed E-state index contributed by atoms with van der Waals surface area (Å²) in [4.78, 5) is 15.5. The second kappa shape index (κ2) is 6.54. The average Bonchev–Trinajstić information content (AvgIpc) is 3.33. The Bertz CT molecular complexity index is 867. The topological polar surface area (TPSA) is 81.5 Å². The van der Waals surface area contributed by atoms with Crippen LogP contribution in [0.1, 0.15) is 23.0 Å². The van der Waals surface area contributed by atoms with Crippen molar-refractivity contribution in [2.45, 2.75) is 12.5 Å². The average molecular weight is 381 g/mol. The minimum Gasteiger partial charge on any atom is -0.378 e. The van der Waals surface area contributed by atoms with Gasteiger partial charge in [0.2, 0.25) is 0 Å². The molecule has 0 radical (unpaired) electrons. The van der Waals surface area contributed by atoms with Crippen molar-refractivity contribution in [3.63, 3.8) is 0 Å². The molecule has 2 aliphatic heterocycles. The number of hydrogen-bond donors (Lipinski definition) is 0. The first kappa shape index (κ1) is 16.7. The number of carbonyl (C=O) groups is 1. The van der Waals surface area contributed by atoms with Crippen LogP contribution >= 0.6 is 11.3 Å². The number of nitrogens with zero attached hydrogens (tertiary/aromatic N) is 3. The third-order valence-electron chi connectivity index (χ3n) is 4.58. The van der Waals surface area contributed by atoms with E-state index < -0.39 is 9.84 Å². The van der Waals surface area contributed by atoms with Gasteiger partial charge in [-0.3, -0.25) is 9.48 Å². The van der Waals surface area contributed by atoms with Crippen LogP contribution in [-0.2, 0) is 14.6 Å². The Morgan fingerprint density at radius 1 is 1.32 bits per heavy atom. The van der Waals surface area contributed by atoms with E-state index in [1.165, 1.54) is 0 Å². The van der Waals surface area contributed by atoms with Crippen molar-refractivity contribution < 1.29 is 17.9 Å². The maximum absolute atomic E-state index is 12.8. The Morgan fingerprint density at radius 3 is 2.76 bits per heavy atom. The van der Waals surface area contributed by atoms with Crippen LogP contribution in [-0.4, -0.2) is 66.8 Å². The van der Waals surface area contributed by atoms with E-state index >= 15 is 0 Å². The van der Waals surface area contributed by atoms with Crippen molar-refractivity contribution in [2.24, 2.45) is 0 Å². The van der Waals surface area contributed by atoms with Gasteiger partial charge in [-0.1, -0.05) is 6.07 Å². The van der Waals surface area contributed by atoms with Crippen LogP contribution in [0.3, 0.4) is 0 Å². The SMILES string of the molecule is O=C(c1cc(-c2cccs2)n([C@@H]2CCS(=O)(=O)C2)n1)N1CCOCC1. The molecule has 0 unspecified atom stereocenters. The van der Waals surface area contributed by atoms with Crippen LogP contribution in [0, 0.1) is 0 Å². The maximum atomic E-state index is 12.8. The molecule has 4 rings (SSSR count). The minimum atomic E-state index is -3.03. The lowest BCUT2D eigenvalue weighted by molar-refractivity contribution is 0.0298. The molecular weight excluding hydrogens is 362 g/mol. The summed E-state index contributed by atoms with van der Waals surface area (Å²) in [5.41, 5.74) is 1.18. The van der Waals surface area contributed by atoms with Crippen molar-refractivity contribution in [2.75, 3.05) is 37.8 Å². The molecule has 0 N–H and O–H groups in total. The highest BCUT2D eigenvalue weighted by molar-refractivity contribution is 7.91. The highest BCUT2D eigenvalue weighted by Crippen LogP contribution is 2.32. The van der Waals surface area contributed by atoms with Crippen LogP contribution < -0.4 is 0 Å². The molecular formula is C16H19N3O4S2. The van der Waals surface area contributed by atoms with Crippen LogP contribution in [0.25, 0.3) is 10.6 Å². The zero-order valence-corrected chi connectivity index (χ0v) is 15.3. The summed E-state index contributed by atoms with van der Waals surface area (Å²) in [6.45, 7) is 2.17. The van der Waals surface area contributed by atoms with Crippen LogP contribution in [0.15, 0.2) is 23.6 Å². The Labute approximate surface area is 150 Å². The summed E-state index contributed by atoms with van der Waals surface area (Å²) < 4.78 is 30.8. The molecule has 4 heterocycles. The number of amides is 1. The first-order chi connectivity index (χ1) is 12.0. The lowest BCUT2D eigenvalue weighted by Gasteiger charge is -2.25. The van der Waals surface area contributed by atoms with E-state index in [9.17, 15) is 13.2 Å². The Balaban J connectivity index is 1.70. The number of sulfone groups is 1. The van der Waals surface area contributed by atoms with Crippen molar-refractivity contribution in [3.8, 4) is 10.6 Å². The first-order valence-corrected chi connectivity index (χ1v) is 10.9. The molecule has 7 nitrogen and oxygen atoms in total. The number of hydrogen-bond acceptors (Lipinski definition) is 6. The first-order valence-electron chi connectivity index (χ1n) is 8.24. The zero-order chi connectivity index (χ0) is 17.4. The van der Waals surface area contributed by atoms with Crippen molar-refractivity contribution in [3.05, 3.63) is 29.3 Å². The Morgan fingerprint density at radius 2 is 2.12 bits per heavy atom. The van der Waals surface area contributed by atoms with Crippen molar-refractivity contribution in [1.29, 1.82) is 0 Å². The summed E-state index contributed by atoms with van der Waals surface area (Å²) in [5, 5.41) is 6.48. The predicted octanol–water partition coefficient (Wildman–Crippen LogP) is 1.44. The van der Waals surface area contributed by atoms with Gasteiger partial charge in [0, 0.05) is 13.1 Å². The summed E-state index contributed by atoms with van der Waals surface area (Å²) in [5.74, 6) is 0.132. The van der Waals surface area contributed by atoms with E-state index in [1.807, 2.05) is 17.5 Å². The fourth-order valence-electron chi connectivity index (χ4n) is 3.28. The highest BCUT2D eigenvalue weighted by Gasteiger charge is 2.33. The van der Waals surface area contributed by atoms with Crippen molar-refractivity contribution >= 4 is 27.1 Å². The van der Waals surface area contributed by atoms with Crippen molar-refractivity contribution in [1.82, 2.24) is 14.7 Å². The monoisotopic (exact) mass is 381 g/mol. The largest absolute Gasteiger partial charge is 0.378 e. The molecule has 2 aromatic rings. The Hall–Kier alpha value is -1.71. The van der Waals surface area contributed by atoms with E-state index in [4.69, 9.17) is 4.74 Å². The van der Waals surface area contributed by atoms with E-state index in [2.05, 4.69) is 5.10 Å². The van der Waals surface area contributed by atoms with Crippen LogP contribution in [0.5, 0.6) is 0 Å². The fourth-order valence-corrected chi connectivity index (χ4v) is 5.71. The lowest BCUT2D eigenvalue weighted by Crippen LogP contribution is -2.40. The number of ether oxygens (including phenoxy) is 1. The Kier molecular flexibility index (Phi) is 4.38. The molecule has 0 aliphatic carbocycles. The molecule has 25 heavy (non-hydrogen) atoms. The van der Waals surface area contributed by atoms with Gasteiger partial charge in [-0.2, -0.15) is 5.10 Å². The number of carbonyl (C=O) groups excluding carboxylic acids is 1. The van der Waals surface area contributed by atoms with E-state index in [0.29, 0.717) is 38.4 Å². The molecule has 1 atom stereocenters. The number of aromatic nitrogens is 2. The third-order valence-corrected chi connectivity index (χ3v) is 7.22. The van der Waals surface area contributed by atoms with Crippen LogP contribution in [0.2, 0.25) is 0 Å². The second-order valence-corrected chi connectivity index (χ2v) is 9.47. The molecule has 0 spiro atoms. The van der Waals surface area contributed by atoms with Gasteiger partial charge in [-0.15, -0.1) is 11.3 Å². The lowest BCUT2D eigenvalue weighted by atomic mass is 10.2. The summed E-state index contributed by atoms with van der Waals surface area (Å²) in [6, 6.07) is 5.47. The quantitative estimate of drug-likeness (QED) is 0.804. The highest BCUT2D eigenvalue weighted by atomic mass is 32.2. The minimum absolute atomic E-state index is 0.0816. The van der Waals surface area contributed by atoms with Gasteiger partial charge >= 0.3 is 0 Å². The number of morpholine rings is 1. The second-order valence-electron chi connectivity index (χ2n) is 6.30. The van der Waals surface area contributed by atoms with Gasteiger partial charge in [0.1, 0.15) is 0 Å². The summed E-state index contributed by atoms with van der Waals surface area (Å²) in [7, 11) is -3.03. The molecule has 2 aliphatic rings. The fraction of sp³-hybridized carbons (Fsp3) is 0.500. The number of thiophene rings is 1. The normalized spacial score (nSPS) is 23.0. The molecule has 134 valence electrons. The van der Waals surface area contributed by atoms with Gasteiger partial charge in [0.15, 0.2) is 15.5 Å². The molecule has 2 saturated heterocycles. The molecule has 2 aromatic heterocycles. The summed E-state index contributed by atoms with van der Waals surface area (Å²) >= 11 is 1.55. The van der Waals surface area contributed by atoms with E-state index in [-0.39, 0.29) is 23.5 Å². The standard InChI is InChI=1S/C16H19N3O4S2/c20-16(18-4-6-23-7-5-18)13-10-14(15-2-1-8-24-15)19(17-13)12-3-9-25(21,22)11-12/h1-2,8,10,12H,3-7,9,11H2/t12-/m1/s1. The van der Waals surface area contributed by atoms with Gasteiger partial charge in [0.25, 0.3) is 5.91 Å². The predicted molar refractivity (Wildman–Crippen MR) is 94.6 cm³/mol. The van der Waals surface area contributed by atoms with Gasteiger partial charge < -0.3 is 9.64 Å².